The fourth-order valence-electron chi connectivity index (χ4n) is 4.94. The van der Waals surface area contributed by atoms with E-state index in [0.717, 1.165) is 5.39 Å². The van der Waals surface area contributed by atoms with Gasteiger partial charge in [0.1, 0.15) is 17.7 Å². The van der Waals surface area contributed by atoms with E-state index in [1.165, 1.54) is 12.0 Å². The van der Waals surface area contributed by atoms with Crippen LogP contribution in [-0.2, 0) is 19.1 Å². The second-order valence-electron chi connectivity index (χ2n) is 11.5. The zero-order valence-electron chi connectivity index (χ0n) is 24.7. The molecule has 1 fully saturated rings. The lowest BCUT2D eigenvalue weighted by molar-refractivity contribution is -0.143. The Morgan fingerprint density at radius 3 is 2.29 bits per heavy atom. The van der Waals surface area contributed by atoms with E-state index < -0.39 is 41.9 Å². The van der Waals surface area contributed by atoms with Crippen LogP contribution in [0.4, 0.5) is 4.79 Å². The summed E-state index contributed by atoms with van der Waals surface area (Å²) in [5.41, 5.74) is 0.566. The van der Waals surface area contributed by atoms with E-state index in [4.69, 9.17) is 9.15 Å². The second-order valence-corrected chi connectivity index (χ2v) is 11.5. The minimum absolute atomic E-state index is 0.0827. The van der Waals surface area contributed by atoms with Crippen molar-refractivity contribution in [3.05, 3.63) is 36.1 Å². The first-order valence-corrected chi connectivity index (χ1v) is 14.2. The molecule has 1 unspecified atom stereocenters. The number of esters is 1. The molecule has 0 radical (unpaired) electrons. The number of nitrogens with one attached hydrogen (secondary N) is 3. The number of amides is 4. The maximum absolute atomic E-state index is 13.3. The van der Waals surface area contributed by atoms with Crippen molar-refractivity contribution in [1.82, 2.24) is 20.9 Å². The summed E-state index contributed by atoms with van der Waals surface area (Å²) in [7, 11) is 1.26. The highest BCUT2D eigenvalue weighted by Crippen LogP contribution is 2.20. The molecule has 0 spiro atoms. The predicted octanol–water partition coefficient (Wildman–Crippen LogP) is 3.41. The number of nitrogens with zero attached hydrogens (tertiary/aromatic N) is 1. The molecule has 224 valence electrons. The highest BCUT2D eigenvalue weighted by molar-refractivity contribution is 6.00. The number of urea groups is 1. The van der Waals surface area contributed by atoms with E-state index in [1.807, 2.05) is 46.8 Å². The lowest BCUT2D eigenvalue weighted by Crippen LogP contribution is -2.54. The molecule has 3 rings (SSSR count). The molecule has 11 nitrogen and oxygen atoms in total. The number of Topliss-reactive ketones (excluding diaryl/α,β-unsaturated/α-hetero) is 1. The van der Waals surface area contributed by atoms with E-state index >= 15 is 0 Å². The Kier molecular flexibility index (Phi) is 10.9. The SMILES string of the molecule is COC(=O)C(CC(C)C)NC(=O)N1CC(=O)[C@@H](NC(=O)[C@H](CC(C)C)NC(=O)c2cc3ccccc3o2)CC[C@H]1C. The number of likely N-dealkylation sites (tertiary alicyclic amines) is 1. The number of ether oxygens (including phenoxy) is 1. The monoisotopic (exact) mass is 570 g/mol. The third kappa shape index (κ3) is 8.55. The summed E-state index contributed by atoms with van der Waals surface area (Å²) in [6.07, 6.45) is 1.53. The molecule has 1 aliphatic rings. The zero-order chi connectivity index (χ0) is 30.3. The minimum Gasteiger partial charge on any atom is -0.467 e. The molecule has 1 aromatic heterocycles. The van der Waals surface area contributed by atoms with Gasteiger partial charge in [0.05, 0.1) is 19.7 Å². The van der Waals surface area contributed by atoms with E-state index in [2.05, 4.69) is 16.0 Å². The van der Waals surface area contributed by atoms with Crippen molar-refractivity contribution in [1.29, 1.82) is 0 Å². The van der Waals surface area contributed by atoms with Gasteiger partial charge in [0.25, 0.3) is 5.91 Å². The van der Waals surface area contributed by atoms with Crippen LogP contribution in [0, 0.1) is 11.8 Å². The van der Waals surface area contributed by atoms with Gasteiger partial charge in [-0.05, 0) is 56.6 Å². The third-order valence-corrected chi connectivity index (χ3v) is 7.17. The molecule has 3 N–H and O–H groups in total. The van der Waals surface area contributed by atoms with Gasteiger partial charge in [0.2, 0.25) is 5.91 Å². The number of para-hydroxylation sites is 1. The van der Waals surface area contributed by atoms with E-state index in [0.29, 0.717) is 31.3 Å². The van der Waals surface area contributed by atoms with Crippen LogP contribution in [0.2, 0.25) is 0 Å². The molecule has 11 heteroatoms. The van der Waals surface area contributed by atoms with Crippen molar-refractivity contribution in [3.8, 4) is 0 Å². The quantitative estimate of drug-likeness (QED) is 0.371. The van der Waals surface area contributed by atoms with Gasteiger partial charge >= 0.3 is 12.0 Å². The van der Waals surface area contributed by atoms with Crippen LogP contribution >= 0.6 is 0 Å². The molecule has 2 aromatic rings. The lowest BCUT2D eigenvalue weighted by Gasteiger charge is -2.29. The zero-order valence-corrected chi connectivity index (χ0v) is 24.7. The molecule has 0 saturated carbocycles. The van der Waals surface area contributed by atoms with Crippen molar-refractivity contribution in [2.45, 2.75) is 84.5 Å². The number of furan rings is 1. The molecule has 4 atom stereocenters. The highest BCUT2D eigenvalue weighted by Gasteiger charge is 2.35. The highest BCUT2D eigenvalue weighted by atomic mass is 16.5. The average molecular weight is 571 g/mol. The van der Waals surface area contributed by atoms with Crippen LogP contribution in [-0.4, -0.2) is 72.3 Å². The Hall–Kier alpha value is -3.89. The Bertz CT molecular complexity index is 1220. The van der Waals surface area contributed by atoms with Gasteiger partial charge in [0, 0.05) is 11.4 Å². The maximum Gasteiger partial charge on any atom is 0.328 e. The van der Waals surface area contributed by atoms with Gasteiger partial charge in [-0.15, -0.1) is 0 Å². The summed E-state index contributed by atoms with van der Waals surface area (Å²) in [5, 5.41) is 9.05. The van der Waals surface area contributed by atoms with Gasteiger partial charge in [-0.3, -0.25) is 14.4 Å². The lowest BCUT2D eigenvalue weighted by atomic mass is 10.0. The first-order chi connectivity index (χ1) is 19.4. The molecule has 1 aliphatic heterocycles. The van der Waals surface area contributed by atoms with Crippen LogP contribution in [0.25, 0.3) is 11.0 Å². The summed E-state index contributed by atoms with van der Waals surface area (Å²) < 4.78 is 10.5. The first-order valence-electron chi connectivity index (χ1n) is 14.2. The Labute approximate surface area is 240 Å². The number of benzene rings is 1. The van der Waals surface area contributed by atoms with E-state index in [-0.39, 0.29) is 36.0 Å². The van der Waals surface area contributed by atoms with Crippen molar-refractivity contribution in [3.63, 3.8) is 0 Å². The van der Waals surface area contributed by atoms with Crippen molar-refractivity contribution in [2.24, 2.45) is 11.8 Å². The van der Waals surface area contributed by atoms with Crippen LogP contribution < -0.4 is 16.0 Å². The van der Waals surface area contributed by atoms with Crippen molar-refractivity contribution in [2.75, 3.05) is 13.7 Å². The van der Waals surface area contributed by atoms with Crippen molar-refractivity contribution >= 4 is 40.6 Å². The van der Waals surface area contributed by atoms with Crippen LogP contribution in [0.1, 0.15) is 70.9 Å². The Morgan fingerprint density at radius 1 is 1.00 bits per heavy atom. The second kappa shape index (κ2) is 14.1. The standard InChI is InChI=1S/C30H42N4O7/c1-17(2)13-22(32-28(37)26-15-20-9-7-8-10-25(20)41-26)27(36)31-21-12-11-19(5)34(16-24(21)35)30(39)33-23(14-18(3)4)29(38)40-6/h7-10,15,17-19,21-23H,11-14,16H2,1-6H3,(H,31,36)(H,32,37)(H,33,39)/t19-,21+,22+,23?/m1/s1. The fraction of sp³-hybridized carbons (Fsp3) is 0.567. The number of carbonyl (C=O) groups excluding carboxylic acids is 5. The summed E-state index contributed by atoms with van der Waals surface area (Å²) >= 11 is 0. The van der Waals surface area contributed by atoms with Crippen molar-refractivity contribution < 1.29 is 33.1 Å². The topological polar surface area (TPSA) is 147 Å². The van der Waals surface area contributed by atoms with E-state index in [1.54, 1.807) is 18.2 Å². The van der Waals surface area contributed by atoms with E-state index in [9.17, 15) is 24.0 Å². The average Bonchev–Trinajstić information content (AvgIpc) is 3.30. The third-order valence-electron chi connectivity index (χ3n) is 7.17. The van der Waals surface area contributed by atoms with Gasteiger partial charge in [0.15, 0.2) is 11.5 Å². The fourth-order valence-corrected chi connectivity index (χ4v) is 4.94. The molecular formula is C30H42N4O7. The smallest absolute Gasteiger partial charge is 0.328 e. The molecule has 1 saturated heterocycles. The molecule has 2 heterocycles. The number of rotatable bonds is 10. The molecule has 4 amide bonds. The molecule has 0 bridgehead atoms. The van der Waals surface area contributed by atoms with Gasteiger partial charge in [-0.1, -0.05) is 45.9 Å². The number of methoxy groups -OCH3 is 1. The summed E-state index contributed by atoms with van der Waals surface area (Å²) in [6, 6.07) is 5.46. The molecule has 1 aromatic carbocycles. The van der Waals surface area contributed by atoms with Crippen LogP contribution in [0.15, 0.2) is 34.7 Å². The minimum atomic E-state index is -0.888. The largest absolute Gasteiger partial charge is 0.467 e. The number of fused-ring (bicyclic) bond motifs is 1. The summed E-state index contributed by atoms with van der Waals surface area (Å²) in [4.78, 5) is 66.2. The Balaban J connectivity index is 1.67. The number of ketones is 1. The van der Waals surface area contributed by atoms with Crippen LogP contribution in [0.5, 0.6) is 0 Å². The molecule has 0 aliphatic carbocycles. The van der Waals surface area contributed by atoms with Crippen LogP contribution in [0.3, 0.4) is 0 Å². The maximum atomic E-state index is 13.3. The summed E-state index contributed by atoms with van der Waals surface area (Å²) in [6.45, 7) is 9.32. The first kappa shape index (κ1) is 31.6. The molecule has 41 heavy (non-hydrogen) atoms. The Morgan fingerprint density at radius 2 is 1.66 bits per heavy atom. The number of carbonyl (C=O) groups is 5. The number of hydrogen-bond donors (Lipinski definition) is 3. The van der Waals surface area contributed by atoms with Gasteiger partial charge in [-0.25, -0.2) is 9.59 Å². The predicted molar refractivity (Wildman–Crippen MR) is 153 cm³/mol. The van der Waals surface area contributed by atoms with Gasteiger partial charge in [-0.2, -0.15) is 0 Å². The molecular weight excluding hydrogens is 528 g/mol. The normalized spacial score (nSPS) is 19.0. The number of hydrogen-bond acceptors (Lipinski definition) is 7. The summed E-state index contributed by atoms with van der Waals surface area (Å²) in [5.74, 6) is -1.57. The van der Waals surface area contributed by atoms with Gasteiger partial charge < -0.3 is 30.0 Å².